The first kappa shape index (κ1) is 18.2. The zero-order valence-corrected chi connectivity index (χ0v) is 13.4. The highest BCUT2D eigenvalue weighted by Crippen LogP contribution is 2.16. The van der Waals surface area contributed by atoms with E-state index in [0.717, 1.165) is 0 Å². The Labute approximate surface area is 135 Å². The molecular weight excluding hydrogens is 296 g/mol. The molecule has 122 valence electrons. The lowest BCUT2D eigenvalue weighted by atomic mass is 10.1. The van der Waals surface area contributed by atoms with Gasteiger partial charge in [0.1, 0.15) is 17.4 Å². The van der Waals surface area contributed by atoms with Crippen LogP contribution in [0.5, 0.6) is 5.75 Å². The van der Waals surface area contributed by atoms with E-state index in [1.54, 1.807) is 29.2 Å². The third-order valence-corrected chi connectivity index (χ3v) is 3.25. The molecule has 1 aromatic rings. The zero-order chi connectivity index (χ0) is 17.4. The molecule has 0 aromatic heterocycles. The van der Waals surface area contributed by atoms with Crippen molar-refractivity contribution in [3.8, 4) is 11.8 Å². The molecule has 0 bridgehead atoms. The van der Waals surface area contributed by atoms with Gasteiger partial charge in [-0.3, -0.25) is 4.79 Å². The highest BCUT2D eigenvalue weighted by molar-refractivity contribution is 6.01. The third kappa shape index (κ3) is 5.15. The number of ether oxygens (including phenoxy) is 1. The summed E-state index contributed by atoms with van der Waals surface area (Å²) in [7, 11) is 0. The molecule has 6 nitrogen and oxygen atoms in total. The number of likely N-dealkylation sites (N-methyl/N-ethyl adjacent to an activating group) is 1. The summed E-state index contributed by atoms with van der Waals surface area (Å²) in [5, 5.41) is 18.0. The first-order valence-corrected chi connectivity index (χ1v) is 7.33. The normalized spacial score (nSPS) is 12.2. The van der Waals surface area contributed by atoms with Gasteiger partial charge in [-0.05, 0) is 44.5 Å². The Morgan fingerprint density at radius 3 is 2.30 bits per heavy atom. The van der Waals surface area contributed by atoms with Gasteiger partial charge in [0.15, 0.2) is 6.10 Å². The van der Waals surface area contributed by atoms with Crippen molar-refractivity contribution >= 4 is 18.0 Å². The Balaban J connectivity index is 2.92. The number of nitriles is 1. The molecule has 1 rings (SSSR count). The van der Waals surface area contributed by atoms with Gasteiger partial charge in [0.2, 0.25) is 0 Å². The second-order valence-corrected chi connectivity index (χ2v) is 4.81. The smallest absolute Gasteiger partial charge is 0.344 e. The van der Waals surface area contributed by atoms with Gasteiger partial charge >= 0.3 is 5.97 Å². The number of carbonyl (C=O) groups is 2. The van der Waals surface area contributed by atoms with E-state index in [0.29, 0.717) is 24.4 Å². The van der Waals surface area contributed by atoms with E-state index in [2.05, 4.69) is 0 Å². The monoisotopic (exact) mass is 316 g/mol. The Bertz CT molecular complexity index is 625. The van der Waals surface area contributed by atoms with Gasteiger partial charge in [0.25, 0.3) is 5.91 Å². The van der Waals surface area contributed by atoms with Gasteiger partial charge in [-0.1, -0.05) is 12.1 Å². The van der Waals surface area contributed by atoms with Crippen LogP contribution >= 0.6 is 0 Å². The predicted molar refractivity (Wildman–Crippen MR) is 85.7 cm³/mol. The van der Waals surface area contributed by atoms with Gasteiger partial charge in [-0.25, -0.2) is 4.79 Å². The molecule has 0 unspecified atom stereocenters. The van der Waals surface area contributed by atoms with Crippen LogP contribution in [-0.2, 0) is 9.59 Å². The molecule has 0 aliphatic heterocycles. The number of aliphatic carboxylic acids is 1. The van der Waals surface area contributed by atoms with Crippen LogP contribution in [0.1, 0.15) is 26.3 Å². The molecule has 0 radical (unpaired) electrons. The number of benzene rings is 1. The maximum atomic E-state index is 12.2. The van der Waals surface area contributed by atoms with E-state index >= 15 is 0 Å². The highest BCUT2D eigenvalue weighted by Gasteiger charge is 2.15. The second-order valence-electron chi connectivity index (χ2n) is 4.81. The number of carboxylic acid groups (broad SMARTS) is 1. The minimum atomic E-state index is -1.05. The third-order valence-electron chi connectivity index (χ3n) is 3.25. The van der Waals surface area contributed by atoms with Gasteiger partial charge in [-0.2, -0.15) is 5.26 Å². The maximum absolute atomic E-state index is 12.2. The van der Waals surface area contributed by atoms with Crippen LogP contribution in [0.25, 0.3) is 6.08 Å². The fourth-order valence-corrected chi connectivity index (χ4v) is 1.89. The van der Waals surface area contributed by atoms with E-state index in [9.17, 15) is 14.9 Å². The van der Waals surface area contributed by atoms with Crippen molar-refractivity contribution in [2.24, 2.45) is 0 Å². The minimum absolute atomic E-state index is 0.0567. The quantitative estimate of drug-likeness (QED) is 0.616. The van der Waals surface area contributed by atoms with Crippen molar-refractivity contribution in [3.05, 3.63) is 35.4 Å². The molecule has 6 heteroatoms. The molecule has 0 heterocycles. The summed E-state index contributed by atoms with van der Waals surface area (Å²) >= 11 is 0. The van der Waals surface area contributed by atoms with Crippen molar-refractivity contribution in [3.63, 3.8) is 0 Å². The fraction of sp³-hybridized carbons (Fsp3) is 0.353. The summed E-state index contributed by atoms with van der Waals surface area (Å²) in [6.07, 6.45) is 0.556. The molecular formula is C17H20N2O4. The summed E-state index contributed by atoms with van der Waals surface area (Å²) in [5.74, 6) is -0.950. The van der Waals surface area contributed by atoms with Crippen LogP contribution < -0.4 is 4.74 Å². The number of rotatable bonds is 7. The number of carboxylic acids is 1. The molecule has 1 atom stereocenters. The Morgan fingerprint density at radius 2 is 1.87 bits per heavy atom. The van der Waals surface area contributed by atoms with Gasteiger partial charge in [0, 0.05) is 13.1 Å². The number of carbonyl (C=O) groups excluding carboxylic acids is 1. The van der Waals surface area contributed by atoms with Gasteiger partial charge in [-0.15, -0.1) is 0 Å². The van der Waals surface area contributed by atoms with Crippen molar-refractivity contribution in [1.29, 1.82) is 5.26 Å². The van der Waals surface area contributed by atoms with Gasteiger partial charge in [0.05, 0.1) is 0 Å². The Kier molecular flexibility index (Phi) is 6.81. The SMILES string of the molecule is CCN(CC)C(=O)/C(C#N)=C\c1ccc(O[C@H](C)C(=O)O)cc1. The second kappa shape index (κ2) is 8.59. The Morgan fingerprint density at radius 1 is 1.30 bits per heavy atom. The largest absolute Gasteiger partial charge is 0.479 e. The molecule has 1 amide bonds. The Hall–Kier alpha value is -2.81. The van der Waals surface area contributed by atoms with Crippen molar-refractivity contribution in [1.82, 2.24) is 4.90 Å². The maximum Gasteiger partial charge on any atom is 0.344 e. The summed E-state index contributed by atoms with van der Waals surface area (Å²) in [6.45, 7) is 6.22. The lowest BCUT2D eigenvalue weighted by molar-refractivity contribution is -0.144. The summed E-state index contributed by atoms with van der Waals surface area (Å²) in [6, 6.07) is 8.45. The summed E-state index contributed by atoms with van der Waals surface area (Å²) < 4.78 is 5.22. The number of hydrogen-bond donors (Lipinski definition) is 1. The van der Waals surface area contributed by atoms with E-state index in [-0.39, 0.29) is 11.5 Å². The first-order chi connectivity index (χ1) is 10.9. The van der Waals surface area contributed by atoms with Gasteiger partial charge < -0.3 is 14.7 Å². The molecule has 0 saturated carbocycles. The van der Waals surface area contributed by atoms with Crippen molar-refractivity contribution < 1.29 is 19.4 Å². The molecule has 0 saturated heterocycles. The van der Waals surface area contributed by atoms with E-state index in [1.165, 1.54) is 13.0 Å². The van der Waals surface area contributed by atoms with Crippen molar-refractivity contribution in [2.75, 3.05) is 13.1 Å². The molecule has 0 aliphatic carbocycles. The summed E-state index contributed by atoms with van der Waals surface area (Å²) in [5.41, 5.74) is 0.721. The lowest BCUT2D eigenvalue weighted by Gasteiger charge is -2.17. The molecule has 1 aromatic carbocycles. The number of hydrogen-bond acceptors (Lipinski definition) is 4. The van der Waals surface area contributed by atoms with Crippen LogP contribution in [0.3, 0.4) is 0 Å². The molecule has 1 N–H and O–H groups in total. The number of nitrogens with zero attached hydrogens (tertiary/aromatic N) is 2. The average Bonchev–Trinajstić information content (AvgIpc) is 2.54. The fourth-order valence-electron chi connectivity index (χ4n) is 1.89. The number of amides is 1. The van der Waals surface area contributed by atoms with Crippen molar-refractivity contribution in [2.45, 2.75) is 26.9 Å². The molecule has 0 aliphatic rings. The first-order valence-electron chi connectivity index (χ1n) is 7.33. The van der Waals surface area contributed by atoms with Crippen LogP contribution in [-0.4, -0.2) is 41.1 Å². The average molecular weight is 316 g/mol. The lowest BCUT2D eigenvalue weighted by Crippen LogP contribution is -2.31. The molecule has 23 heavy (non-hydrogen) atoms. The summed E-state index contributed by atoms with van der Waals surface area (Å²) in [4.78, 5) is 24.5. The van der Waals surface area contributed by atoms with E-state index < -0.39 is 12.1 Å². The zero-order valence-electron chi connectivity index (χ0n) is 13.4. The highest BCUT2D eigenvalue weighted by atomic mass is 16.5. The molecule has 0 fully saturated rings. The van der Waals surface area contributed by atoms with E-state index in [4.69, 9.17) is 9.84 Å². The molecule has 0 spiro atoms. The van der Waals surface area contributed by atoms with Crippen LogP contribution in [0.15, 0.2) is 29.8 Å². The minimum Gasteiger partial charge on any atom is -0.479 e. The van der Waals surface area contributed by atoms with Crippen LogP contribution in [0, 0.1) is 11.3 Å². The van der Waals surface area contributed by atoms with Crippen LogP contribution in [0.4, 0.5) is 0 Å². The topological polar surface area (TPSA) is 90.6 Å². The standard InChI is InChI=1S/C17H20N2O4/c1-4-19(5-2)16(20)14(11-18)10-13-6-8-15(9-7-13)23-12(3)17(21)22/h6-10,12H,4-5H2,1-3H3,(H,21,22)/b14-10-/t12-/m1/s1. The predicted octanol–water partition coefficient (Wildman–Crippen LogP) is 2.31. The van der Waals surface area contributed by atoms with Crippen LogP contribution in [0.2, 0.25) is 0 Å². The van der Waals surface area contributed by atoms with E-state index in [1.807, 2.05) is 19.9 Å².